The molecule has 2 nitrogen and oxygen atoms in total. The highest BCUT2D eigenvalue weighted by atomic mass is 16.5. The molecular formula is C14H22O2. The number of ether oxygens (including phenoxy) is 1. The van der Waals surface area contributed by atoms with Crippen molar-refractivity contribution in [2.24, 2.45) is 0 Å². The van der Waals surface area contributed by atoms with E-state index in [0.29, 0.717) is 0 Å². The van der Waals surface area contributed by atoms with Crippen LogP contribution in [0.25, 0.3) is 0 Å². The van der Waals surface area contributed by atoms with Gasteiger partial charge in [-0.3, -0.25) is 0 Å². The van der Waals surface area contributed by atoms with Gasteiger partial charge in [-0.25, -0.2) is 0 Å². The SMILES string of the molecule is CCOCCCC(O)c1cccc(CC)c1. The molecule has 0 aliphatic rings. The summed E-state index contributed by atoms with van der Waals surface area (Å²) >= 11 is 0. The Morgan fingerprint density at radius 1 is 1.31 bits per heavy atom. The fraction of sp³-hybridized carbons (Fsp3) is 0.571. The predicted octanol–water partition coefficient (Wildman–Crippen LogP) is 3.10. The number of hydrogen-bond donors (Lipinski definition) is 1. The Balaban J connectivity index is 2.42. The fourth-order valence-electron chi connectivity index (χ4n) is 1.71. The fourth-order valence-corrected chi connectivity index (χ4v) is 1.71. The van der Waals surface area contributed by atoms with Gasteiger partial charge in [-0.2, -0.15) is 0 Å². The first kappa shape index (κ1) is 13.2. The maximum atomic E-state index is 9.98. The van der Waals surface area contributed by atoms with Crippen molar-refractivity contribution in [3.63, 3.8) is 0 Å². The zero-order chi connectivity index (χ0) is 11.8. The molecule has 0 aromatic heterocycles. The summed E-state index contributed by atoms with van der Waals surface area (Å²) < 4.78 is 5.25. The van der Waals surface area contributed by atoms with Gasteiger partial charge in [-0.15, -0.1) is 0 Å². The zero-order valence-corrected chi connectivity index (χ0v) is 10.3. The standard InChI is InChI=1S/C14H22O2/c1-3-12-7-5-8-13(11-12)14(15)9-6-10-16-4-2/h5,7-8,11,14-15H,3-4,6,9-10H2,1-2H3. The van der Waals surface area contributed by atoms with E-state index < -0.39 is 0 Å². The molecule has 90 valence electrons. The lowest BCUT2D eigenvalue weighted by molar-refractivity contribution is 0.114. The molecule has 0 heterocycles. The number of rotatable bonds is 7. The molecule has 0 aliphatic carbocycles. The molecule has 0 saturated heterocycles. The minimum Gasteiger partial charge on any atom is -0.388 e. The van der Waals surface area contributed by atoms with Crippen LogP contribution in [0, 0.1) is 0 Å². The second-order valence-electron chi connectivity index (χ2n) is 3.95. The topological polar surface area (TPSA) is 29.5 Å². The molecule has 0 saturated carbocycles. The Labute approximate surface area is 98.3 Å². The van der Waals surface area contributed by atoms with Gasteiger partial charge in [0.2, 0.25) is 0 Å². The molecule has 1 atom stereocenters. The number of aliphatic hydroxyl groups is 1. The molecule has 1 rings (SSSR count). The molecule has 0 spiro atoms. The Bertz CT molecular complexity index is 297. The minimum atomic E-state index is -0.355. The van der Waals surface area contributed by atoms with Crippen molar-refractivity contribution in [1.29, 1.82) is 0 Å². The van der Waals surface area contributed by atoms with Gasteiger partial charge < -0.3 is 9.84 Å². The van der Waals surface area contributed by atoms with Crippen LogP contribution in [0.5, 0.6) is 0 Å². The quantitative estimate of drug-likeness (QED) is 0.718. The highest BCUT2D eigenvalue weighted by Gasteiger charge is 2.07. The van der Waals surface area contributed by atoms with E-state index >= 15 is 0 Å². The van der Waals surface area contributed by atoms with Gasteiger partial charge in [0.1, 0.15) is 0 Å². The lowest BCUT2D eigenvalue weighted by Gasteiger charge is -2.11. The van der Waals surface area contributed by atoms with E-state index in [9.17, 15) is 5.11 Å². The van der Waals surface area contributed by atoms with E-state index in [-0.39, 0.29) is 6.10 Å². The second-order valence-corrected chi connectivity index (χ2v) is 3.95. The van der Waals surface area contributed by atoms with Crippen molar-refractivity contribution in [3.8, 4) is 0 Å². The van der Waals surface area contributed by atoms with Crippen molar-refractivity contribution >= 4 is 0 Å². The van der Waals surface area contributed by atoms with Gasteiger partial charge >= 0.3 is 0 Å². The lowest BCUT2D eigenvalue weighted by Crippen LogP contribution is -2.01. The third-order valence-electron chi connectivity index (χ3n) is 2.71. The molecule has 1 unspecified atom stereocenters. The van der Waals surface area contributed by atoms with Crippen LogP contribution in [0.3, 0.4) is 0 Å². The first-order valence-corrected chi connectivity index (χ1v) is 6.12. The van der Waals surface area contributed by atoms with Crippen LogP contribution in [0.2, 0.25) is 0 Å². The van der Waals surface area contributed by atoms with Crippen molar-refractivity contribution in [2.75, 3.05) is 13.2 Å². The van der Waals surface area contributed by atoms with Gasteiger partial charge in [-0.05, 0) is 37.3 Å². The average molecular weight is 222 g/mol. The average Bonchev–Trinajstić information content (AvgIpc) is 2.34. The Morgan fingerprint density at radius 2 is 2.12 bits per heavy atom. The number of aryl methyl sites for hydroxylation is 1. The normalized spacial score (nSPS) is 12.7. The van der Waals surface area contributed by atoms with Crippen LogP contribution >= 0.6 is 0 Å². The summed E-state index contributed by atoms with van der Waals surface area (Å²) in [6.07, 6.45) is 2.34. The van der Waals surface area contributed by atoms with Gasteiger partial charge in [0.25, 0.3) is 0 Å². The van der Waals surface area contributed by atoms with Crippen LogP contribution < -0.4 is 0 Å². The van der Waals surface area contributed by atoms with E-state index in [1.807, 2.05) is 19.1 Å². The number of aliphatic hydroxyl groups excluding tert-OH is 1. The third kappa shape index (κ3) is 4.33. The van der Waals surface area contributed by atoms with E-state index in [1.54, 1.807) is 0 Å². The van der Waals surface area contributed by atoms with Gasteiger partial charge in [-0.1, -0.05) is 31.2 Å². The van der Waals surface area contributed by atoms with E-state index in [0.717, 1.165) is 38.0 Å². The van der Waals surface area contributed by atoms with Crippen molar-refractivity contribution in [1.82, 2.24) is 0 Å². The molecule has 0 radical (unpaired) electrons. The maximum Gasteiger partial charge on any atom is 0.0791 e. The van der Waals surface area contributed by atoms with Crippen LogP contribution in [0.1, 0.15) is 43.9 Å². The molecule has 16 heavy (non-hydrogen) atoms. The Morgan fingerprint density at radius 3 is 2.81 bits per heavy atom. The summed E-state index contributed by atoms with van der Waals surface area (Å²) in [6, 6.07) is 8.19. The summed E-state index contributed by atoms with van der Waals surface area (Å²) in [5.74, 6) is 0. The second kappa shape index (κ2) is 7.42. The lowest BCUT2D eigenvalue weighted by atomic mass is 10.0. The zero-order valence-electron chi connectivity index (χ0n) is 10.3. The first-order valence-electron chi connectivity index (χ1n) is 6.12. The summed E-state index contributed by atoms with van der Waals surface area (Å²) in [5, 5.41) is 9.98. The monoisotopic (exact) mass is 222 g/mol. The molecule has 1 aromatic carbocycles. The number of hydrogen-bond acceptors (Lipinski definition) is 2. The van der Waals surface area contributed by atoms with Gasteiger partial charge in [0.15, 0.2) is 0 Å². The van der Waals surface area contributed by atoms with Crippen molar-refractivity contribution < 1.29 is 9.84 Å². The van der Waals surface area contributed by atoms with E-state index in [1.165, 1.54) is 5.56 Å². The van der Waals surface area contributed by atoms with Crippen LogP contribution in [0.15, 0.2) is 24.3 Å². The third-order valence-corrected chi connectivity index (χ3v) is 2.71. The molecule has 0 amide bonds. The molecule has 1 N–H and O–H groups in total. The molecule has 2 heteroatoms. The molecule has 0 bridgehead atoms. The van der Waals surface area contributed by atoms with E-state index in [2.05, 4.69) is 19.1 Å². The molecule has 0 aliphatic heterocycles. The van der Waals surface area contributed by atoms with Crippen LogP contribution in [-0.4, -0.2) is 18.3 Å². The first-order chi connectivity index (χ1) is 7.77. The molecule has 1 aromatic rings. The van der Waals surface area contributed by atoms with Gasteiger partial charge in [0, 0.05) is 13.2 Å². The molecular weight excluding hydrogens is 200 g/mol. The Hall–Kier alpha value is -0.860. The van der Waals surface area contributed by atoms with Gasteiger partial charge in [0.05, 0.1) is 6.10 Å². The molecule has 0 fully saturated rings. The van der Waals surface area contributed by atoms with Crippen LogP contribution in [-0.2, 0) is 11.2 Å². The highest BCUT2D eigenvalue weighted by Crippen LogP contribution is 2.19. The summed E-state index contributed by atoms with van der Waals surface area (Å²) in [5.41, 5.74) is 2.30. The largest absolute Gasteiger partial charge is 0.388 e. The summed E-state index contributed by atoms with van der Waals surface area (Å²) in [4.78, 5) is 0. The van der Waals surface area contributed by atoms with E-state index in [4.69, 9.17) is 4.74 Å². The van der Waals surface area contributed by atoms with Crippen molar-refractivity contribution in [3.05, 3.63) is 35.4 Å². The maximum absolute atomic E-state index is 9.98. The predicted molar refractivity (Wildman–Crippen MR) is 66.5 cm³/mol. The Kier molecular flexibility index (Phi) is 6.12. The van der Waals surface area contributed by atoms with Crippen molar-refractivity contribution in [2.45, 2.75) is 39.2 Å². The summed E-state index contributed by atoms with van der Waals surface area (Å²) in [6.45, 7) is 5.60. The number of benzene rings is 1. The smallest absolute Gasteiger partial charge is 0.0791 e. The summed E-state index contributed by atoms with van der Waals surface area (Å²) in [7, 11) is 0. The van der Waals surface area contributed by atoms with Crippen LogP contribution in [0.4, 0.5) is 0 Å². The minimum absolute atomic E-state index is 0.355. The highest BCUT2D eigenvalue weighted by molar-refractivity contribution is 5.25.